The smallest absolute Gasteiger partial charge is 0.416 e. The molecule has 2 rings (SSSR count). The van der Waals surface area contributed by atoms with Crippen molar-refractivity contribution in [1.29, 1.82) is 0 Å². The number of halogens is 4. The van der Waals surface area contributed by atoms with Crippen molar-refractivity contribution in [3.05, 3.63) is 45.9 Å². The van der Waals surface area contributed by atoms with E-state index in [0.29, 0.717) is 12.1 Å². The van der Waals surface area contributed by atoms with Gasteiger partial charge in [-0.05, 0) is 29.6 Å². The van der Waals surface area contributed by atoms with Gasteiger partial charge in [0.2, 0.25) is 0 Å². The Morgan fingerprint density at radius 1 is 1.25 bits per heavy atom. The topological polar surface area (TPSA) is 72.5 Å². The second kappa shape index (κ2) is 6.40. The van der Waals surface area contributed by atoms with Crippen molar-refractivity contribution in [2.24, 2.45) is 0 Å². The summed E-state index contributed by atoms with van der Waals surface area (Å²) in [4.78, 5) is 10.8. The largest absolute Gasteiger partial charge is 0.465 e. The average Bonchev–Trinajstić information content (AvgIpc) is 2.94. The molecule has 1 aromatic heterocycles. The summed E-state index contributed by atoms with van der Waals surface area (Å²) in [5.41, 5.74) is -1.97. The Morgan fingerprint density at radius 3 is 2.50 bits per heavy atom. The highest BCUT2D eigenvalue weighted by Crippen LogP contribution is 2.32. The van der Waals surface area contributed by atoms with Crippen LogP contribution in [0, 0.1) is 5.82 Å². The van der Waals surface area contributed by atoms with E-state index in [1.54, 1.807) is 0 Å². The Morgan fingerprint density at radius 2 is 1.92 bits per heavy atom. The predicted octanol–water partition coefficient (Wildman–Crippen LogP) is 3.49. The molecule has 1 aromatic carbocycles. The van der Waals surface area contributed by atoms with Crippen LogP contribution in [0.1, 0.15) is 15.2 Å². The fourth-order valence-corrected chi connectivity index (χ4v) is 4.15. The maximum absolute atomic E-state index is 13.3. The van der Waals surface area contributed by atoms with Gasteiger partial charge in [-0.1, -0.05) is 0 Å². The number of sulfonamides is 1. The van der Waals surface area contributed by atoms with Gasteiger partial charge in [-0.15, -0.1) is 11.3 Å². The van der Waals surface area contributed by atoms with Gasteiger partial charge in [0, 0.05) is 0 Å². The Bertz CT molecular complexity index is 874. The van der Waals surface area contributed by atoms with Crippen molar-refractivity contribution in [3.63, 3.8) is 0 Å². The number of alkyl halides is 3. The number of thiophene rings is 1. The lowest BCUT2D eigenvalue weighted by atomic mass is 10.2. The molecule has 0 spiro atoms. The van der Waals surface area contributed by atoms with Gasteiger partial charge in [-0.3, -0.25) is 4.72 Å². The van der Waals surface area contributed by atoms with Gasteiger partial charge in [-0.2, -0.15) is 13.2 Å². The minimum absolute atomic E-state index is 0.238. The van der Waals surface area contributed by atoms with E-state index in [1.165, 1.54) is 5.38 Å². The molecule has 2 aromatic rings. The summed E-state index contributed by atoms with van der Waals surface area (Å²) in [6, 6.07) is 2.37. The van der Waals surface area contributed by atoms with Gasteiger partial charge in [0.15, 0.2) is 0 Å². The number of ether oxygens (including phenoxy) is 1. The molecular weight excluding hydrogens is 374 g/mol. The molecule has 0 aliphatic carbocycles. The van der Waals surface area contributed by atoms with Gasteiger partial charge in [0.05, 0.1) is 18.4 Å². The quantitative estimate of drug-likeness (QED) is 0.648. The second-order valence-electron chi connectivity index (χ2n) is 4.44. The van der Waals surface area contributed by atoms with Gasteiger partial charge in [-0.25, -0.2) is 17.6 Å². The molecule has 0 saturated heterocycles. The van der Waals surface area contributed by atoms with Crippen LogP contribution in [0.25, 0.3) is 0 Å². The summed E-state index contributed by atoms with van der Waals surface area (Å²) in [7, 11) is -3.36. The Kier molecular flexibility index (Phi) is 4.85. The number of carbonyl (C=O) groups excluding carboxylic acids is 1. The zero-order valence-electron chi connectivity index (χ0n) is 11.8. The standard InChI is InChI=1S/C13H9F4NO4S2/c1-22-12(19)11-10(2-3-23-11)24(20,21)18-9-5-7(13(15,16)17)4-8(14)6-9/h2-6,18H,1H3. The highest BCUT2D eigenvalue weighted by molar-refractivity contribution is 7.93. The number of nitrogens with one attached hydrogen (secondary N) is 1. The number of benzene rings is 1. The maximum Gasteiger partial charge on any atom is 0.416 e. The molecule has 0 saturated carbocycles. The number of methoxy groups -OCH3 is 1. The number of anilines is 1. The van der Waals surface area contributed by atoms with E-state index in [1.807, 2.05) is 4.72 Å². The molecule has 130 valence electrons. The van der Waals surface area contributed by atoms with Gasteiger partial charge in [0.1, 0.15) is 15.6 Å². The molecule has 0 bridgehead atoms. The lowest BCUT2D eigenvalue weighted by Crippen LogP contribution is -2.16. The first-order chi connectivity index (χ1) is 11.0. The summed E-state index contributed by atoms with van der Waals surface area (Å²) in [5, 5.41) is 1.30. The molecule has 1 heterocycles. The third-order valence-corrected chi connectivity index (χ3v) is 5.21. The van der Waals surface area contributed by atoms with Crippen LogP contribution in [0.3, 0.4) is 0 Å². The van der Waals surface area contributed by atoms with E-state index in [0.717, 1.165) is 24.5 Å². The molecule has 0 atom stereocenters. The first-order valence-electron chi connectivity index (χ1n) is 6.11. The third kappa shape index (κ3) is 3.85. The molecule has 0 aliphatic heterocycles. The summed E-state index contributed by atoms with van der Waals surface area (Å²) in [6.45, 7) is 0. The van der Waals surface area contributed by atoms with Crippen molar-refractivity contribution >= 4 is 33.0 Å². The minimum atomic E-state index is -4.85. The van der Waals surface area contributed by atoms with E-state index in [4.69, 9.17) is 0 Å². The summed E-state index contributed by atoms with van der Waals surface area (Å²) < 4.78 is 82.1. The van der Waals surface area contributed by atoms with Crippen molar-refractivity contribution < 1.29 is 35.5 Å². The van der Waals surface area contributed by atoms with Crippen LogP contribution in [-0.2, 0) is 20.9 Å². The molecular formula is C13H9F4NO4S2. The van der Waals surface area contributed by atoms with Crippen molar-refractivity contribution in [1.82, 2.24) is 0 Å². The number of rotatable bonds is 4. The summed E-state index contributed by atoms with van der Waals surface area (Å²) in [6.07, 6.45) is -4.85. The zero-order chi connectivity index (χ0) is 18.1. The van der Waals surface area contributed by atoms with E-state index in [-0.39, 0.29) is 10.9 Å². The molecule has 11 heteroatoms. The monoisotopic (exact) mass is 383 g/mol. The molecule has 1 N–H and O–H groups in total. The molecule has 0 radical (unpaired) electrons. The molecule has 0 unspecified atom stereocenters. The predicted molar refractivity (Wildman–Crippen MR) is 77.9 cm³/mol. The Hall–Kier alpha value is -2.14. The average molecular weight is 383 g/mol. The van der Waals surface area contributed by atoms with Crippen LogP contribution >= 0.6 is 11.3 Å². The zero-order valence-corrected chi connectivity index (χ0v) is 13.5. The molecule has 0 fully saturated rings. The SMILES string of the molecule is COC(=O)c1sccc1S(=O)(=O)Nc1cc(F)cc(C(F)(F)F)c1. The van der Waals surface area contributed by atoms with Crippen LogP contribution < -0.4 is 4.72 Å². The maximum atomic E-state index is 13.3. The number of hydrogen-bond donors (Lipinski definition) is 1. The van der Waals surface area contributed by atoms with E-state index < -0.39 is 44.1 Å². The van der Waals surface area contributed by atoms with Crippen LogP contribution in [0.4, 0.5) is 23.2 Å². The minimum Gasteiger partial charge on any atom is -0.465 e. The summed E-state index contributed by atoms with van der Waals surface area (Å²) in [5.74, 6) is -2.18. The van der Waals surface area contributed by atoms with E-state index in [2.05, 4.69) is 4.74 Å². The Balaban J connectivity index is 2.42. The van der Waals surface area contributed by atoms with Gasteiger partial charge in [0.25, 0.3) is 10.0 Å². The third-order valence-electron chi connectivity index (χ3n) is 2.77. The van der Waals surface area contributed by atoms with E-state index in [9.17, 15) is 30.8 Å². The first kappa shape index (κ1) is 18.2. The second-order valence-corrected chi connectivity index (χ2v) is 7.00. The van der Waals surface area contributed by atoms with Crippen molar-refractivity contribution in [3.8, 4) is 0 Å². The van der Waals surface area contributed by atoms with Crippen LogP contribution in [-0.4, -0.2) is 21.5 Å². The first-order valence-corrected chi connectivity index (χ1v) is 8.47. The van der Waals surface area contributed by atoms with Crippen LogP contribution in [0.5, 0.6) is 0 Å². The van der Waals surface area contributed by atoms with Crippen LogP contribution in [0.15, 0.2) is 34.5 Å². The Labute approximate surface area is 137 Å². The fourth-order valence-electron chi connectivity index (χ4n) is 1.77. The molecule has 24 heavy (non-hydrogen) atoms. The highest BCUT2D eigenvalue weighted by Gasteiger charge is 2.32. The lowest BCUT2D eigenvalue weighted by molar-refractivity contribution is -0.137. The van der Waals surface area contributed by atoms with Crippen LogP contribution in [0.2, 0.25) is 0 Å². The van der Waals surface area contributed by atoms with Crippen molar-refractivity contribution in [2.75, 3.05) is 11.8 Å². The van der Waals surface area contributed by atoms with E-state index >= 15 is 0 Å². The normalized spacial score (nSPS) is 12.0. The number of hydrogen-bond acceptors (Lipinski definition) is 5. The lowest BCUT2D eigenvalue weighted by Gasteiger charge is -2.12. The van der Waals surface area contributed by atoms with Crippen molar-refractivity contribution in [2.45, 2.75) is 11.1 Å². The van der Waals surface area contributed by atoms with Gasteiger partial charge < -0.3 is 4.74 Å². The fraction of sp³-hybridized carbons (Fsp3) is 0.154. The number of carbonyl (C=O) groups is 1. The summed E-state index contributed by atoms with van der Waals surface area (Å²) >= 11 is 0.782. The molecule has 0 aliphatic rings. The molecule has 5 nitrogen and oxygen atoms in total. The highest BCUT2D eigenvalue weighted by atomic mass is 32.2. The van der Waals surface area contributed by atoms with Gasteiger partial charge >= 0.3 is 12.1 Å². The molecule has 0 amide bonds. The number of esters is 1.